The molecule has 2 rings (SSSR count). The number of benzene rings is 1. The Bertz CT molecular complexity index is 572. The largest absolute Gasteiger partial charge is 0.493 e. The smallest absolute Gasteiger partial charge is 0.331 e. The van der Waals surface area contributed by atoms with Gasteiger partial charge in [-0.15, -0.1) is 0 Å². The lowest BCUT2D eigenvalue weighted by Gasteiger charge is -2.03. The lowest BCUT2D eigenvalue weighted by atomic mass is 10.2. The molecule has 0 unspecified atom stereocenters. The predicted molar refractivity (Wildman–Crippen MR) is 61.9 cm³/mol. The van der Waals surface area contributed by atoms with E-state index in [4.69, 9.17) is 11.6 Å². The molecule has 0 radical (unpaired) electrons. The highest BCUT2D eigenvalue weighted by Crippen LogP contribution is 2.16. The SMILES string of the molecule is Cn1c(O)cn(Cc2ccccc2Cl)c1=O. The Morgan fingerprint density at radius 1 is 1.38 bits per heavy atom. The van der Waals surface area contributed by atoms with E-state index in [1.165, 1.54) is 22.4 Å². The van der Waals surface area contributed by atoms with E-state index in [1.807, 2.05) is 18.2 Å². The van der Waals surface area contributed by atoms with Crippen LogP contribution >= 0.6 is 11.6 Å². The van der Waals surface area contributed by atoms with Gasteiger partial charge in [0.05, 0.1) is 12.7 Å². The lowest BCUT2D eigenvalue weighted by Crippen LogP contribution is -2.22. The van der Waals surface area contributed by atoms with E-state index in [-0.39, 0.29) is 11.6 Å². The highest BCUT2D eigenvalue weighted by Gasteiger charge is 2.08. The third kappa shape index (κ3) is 1.84. The van der Waals surface area contributed by atoms with Crippen LogP contribution in [0.4, 0.5) is 0 Å². The molecular weight excluding hydrogens is 228 g/mol. The molecule has 0 amide bonds. The van der Waals surface area contributed by atoms with Crippen LogP contribution in [0.3, 0.4) is 0 Å². The van der Waals surface area contributed by atoms with Crippen molar-refractivity contribution >= 4 is 11.6 Å². The summed E-state index contributed by atoms with van der Waals surface area (Å²) in [5.74, 6) is -0.0583. The van der Waals surface area contributed by atoms with Crippen LogP contribution in [-0.4, -0.2) is 14.2 Å². The van der Waals surface area contributed by atoms with Crippen LogP contribution in [0.25, 0.3) is 0 Å². The van der Waals surface area contributed by atoms with E-state index >= 15 is 0 Å². The molecule has 5 heteroatoms. The summed E-state index contributed by atoms with van der Waals surface area (Å²) in [6, 6.07) is 7.30. The van der Waals surface area contributed by atoms with E-state index in [1.54, 1.807) is 6.07 Å². The first-order chi connectivity index (χ1) is 7.59. The van der Waals surface area contributed by atoms with Crippen LogP contribution in [0.1, 0.15) is 5.56 Å². The Balaban J connectivity index is 2.38. The van der Waals surface area contributed by atoms with Crippen molar-refractivity contribution in [2.24, 2.45) is 7.05 Å². The maximum Gasteiger partial charge on any atom is 0.331 e. The topological polar surface area (TPSA) is 47.2 Å². The zero-order chi connectivity index (χ0) is 11.7. The van der Waals surface area contributed by atoms with Crippen LogP contribution in [-0.2, 0) is 13.6 Å². The molecule has 1 aromatic heterocycles. The molecule has 0 saturated heterocycles. The van der Waals surface area contributed by atoms with Crippen molar-refractivity contribution in [3.8, 4) is 5.88 Å². The van der Waals surface area contributed by atoms with Gasteiger partial charge in [0.25, 0.3) is 0 Å². The summed E-state index contributed by atoms with van der Waals surface area (Å²) < 4.78 is 2.59. The number of aromatic nitrogens is 2. The number of imidazole rings is 1. The van der Waals surface area contributed by atoms with Crippen LogP contribution < -0.4 is 5.69 Å². The van der Waals surface area contributed by atoms with Crippen LogP contribution in [0.2, 0.25) is 5.02 Å². The van der Waals surface area contributed by atoms with Crippen molar-refractivity contribution in [3.05, 3.63) is 51.5 Å². The number of hydrogen-bond acceptors (Lipinski definition) is 2. The fraction of sp³-hybridized carbons (Fsp3) is 0.182. The minimum atomic E-state index is -0.266. The first-order valence-electron chi connectivity index (χ1n) is 4.78. The summed E-state index contributed by atoms with van der Waals surface area (Å²) in [6.07, 6.45) is 1.39. The van der Waals surface area contributed by atoms with Crippen molar-refractivity contribution in [1.82, 2.24) is 9.13 Å². The van der Waals surface area contributed by atoms with E-state index in [0.29, 0.717) is 11.6 Å². The molecule has 0 aliphatic heterocycles. The fourth-order valence-corrected chi connectivity index (χ4v) is 1.69. The molecule has 4 nitrogen and oxygen atoms in total. The van der Waals surface area contributed by atoms with Gasteiger partial charge in [-0.2, -0.15) is 0 Å². The number of nitrogens with zero attached hydrogens (tertiary/aromatic N) is 2. The zero-order valence-corrected chi connectivity index (χ0v) is 9.48. The summed E-state index contributed by atoms with van der Waals surface area (Å²) in [6.45, 7) is 0.354. The second kappa shape index (κ2) is 4.06. The number of hydrogen-bond donors (Lipinski definition) is 1. The third-order valence-corrected chi connectivity index (χ3v) is 2.81. The standard InChI is InChI=1S/C11H11ClN2O2/c1-13-10(15)7-14(11(13)16)6-8-4-2-3-5-9(8)12/h2-5,7,15H,6H2,1H3. The highest BCUT2D eigenvalue weighted by molar-refractivity contribution is 6.31. The molecule has 0 aliphatic rings. The summed E-state index contributed by atoms with van der Waals surface area (Å²) in [7, 11) is 1.51. The van der Waals surface area contributed by atoms with E-state index in [2.05, 4.69) is 0 Å². The lowest BCUT2D eigenvalue weighted by molar-refractivity contribution is 0.429. The van der Waals surface area contributed by atoms with Crippen molar-refractivity contribution in [1.29, 1.82) is 0 Å². The van der Waals surface area contributed by atoms with Gasteiger partial charge in [0, 0.05) is 12.1 Å². The summed E-state index contributed by atoms with van der Waals surface area (Å²) in [5.41, 5.74) is 0.578. The van der Waals surface area contributed by atoms with E-state index in [0.717, 1.165) is 5.56 Å². The Morgan fingerprint density at radius 3 is 2.62 bits per heavy atom. The molecule has 0 fully saturated rings. The first kappa shape index (κ1) is 10.8. The van der Waals surface area contributed by atoms with Crippen LogP contribution in [0, 0.1) is 0 Å². The van der Waals surface area contributed by atoms with Crippen molar-refractivity contribution in [3.63, 3.8) is 0 Å². The van der Waals surface area contributed by atoms with Crippen LogP contribution in [0.5, 0.6) is 5.88 Å². The van der Waals surface area contributed by atoms with E-state index < -0.39 is 0 Å². The maximum atomic E-state index is 11.6. The number of aromatic hydroxyl groups is 1. The summed E-state index contributed by atoms with van der Waals surface area (Å²) in [5, 5.41) is 9.99. The minimum Gasteiger partial charge on any atom is -0.493 e. The first-order valence-corrected chi connectivity index (χ1v) is 5.16. The summed E-state index contributed by atoms with van der Waals surface area (Å²) in [4.78, 5) is 11.6. The Labute approximate surface area is 97.3 Å². The second-order valence-electron chi connectivity index (χ2n) is 3.55. The Kier molecular flexibility index (Phi) is 2.75. The number of halogens is 1. The predicted octanol–water partition coefficient (Wildman–Crippen LogP) is 1.59. The van der Waals surface area contributed by atoms with Crippen molar-refractivity contribution < 1.29 is 5.11 Å². The van der Waals surface area contributed by atoms with Crippen molar-refractivity contribution in [2.75, 3.05) is 0 Å². The minimum absolute atomic E-state index is 0.0583. The quantitative estimate of drug-likeness (QED) is 0.864. The fourth-order valence-electron chi connectivity index (χ4n) is 1.50. The van der Waals surface area contributed by atoms with Crippen LogP contribution in [0.15, 0.2) is 35.3 Å². The van der Waals surface area contributed by atoms with Gasteiger partial charge in [-0.05, 0) is 11.6 Å². The molecule has 1 N–H and O–H groups in total. The normalized spacial score (nSPS) is 10.6. The van der Waals surface area contributed by atoms with E-state index in [9.17, 15) is 9.90 Å². The number of rotatable bonds is 2. The average molecular weight is 239 g/mol. The molecule has 1 heterocycles. The molecule has 2 aromatic rings. The van der Waals surface area contributed by atoms with Gasteiger partial charge >= 0.3 is 5.69 Å². The molecule has 84 valence electrons. The van der Waals surface area contributed by atoms with Gasteiger partial charge in [-0.25, -0.2) is 4.79 Å². The molecule has 0 aliphatic carbocycles. The molecule has 0 spiro atoms. The molecule has 0 bridgehead atoms. The summed E-state index contributed by atoms with van der Waals surface area (Å²) >= 11 is 5.99. The molecule has 0 atom stereocenters. The average Bonchev–Trinajstić information content (AvgIpc) is 2.50. The molecular formula is C11H11ClN2O2. The van der Waals surface area contributed by atoms with Gasteiger partial charge < -0.3 is 5.11 Å². The maximum absolute atomic E-state index is 11.6. The van der Waals surface area contributed by atoms with Gasteiger partial charge in [-0.1, -0.05) is 29.8 Å². The monoisotopic (exact) mass is 238 g/mol. The highest BCUT2D eigenvalue weighted by atomic mass is 35.5. The zero-order valence-electron chi connectivity index (χ0n) is 8.72. The van der Waals surface area contributed by atoms with Crippen molar-refractivity contribution in [2.45, 2.75) is 6.54 Å². The van der Waals surface area contributed by atoms with Gasteiger partial charge in [0.2, 0.25) is 5.88 Å². The Morgan fingerprint density at radius 2 is 2.06 bits per heavy atom. The molecule has 1 aromatic carbocycles. The van der Waals surface area contributed by atoms with Gasteiger partial charge in [-0.3, -0.25) is 9.13 Å². The molecule has 0 saturated carbocycles. The van der Waals surface area contributed by atoms with Gasteiger partial charge in [0.15, 0.2) is 0 Å². The molecule has 16 heavy (non-hydrogen) atoms. The van der Waals surface area contributed by atoms with Gasteiger partial charge in [0.1, 0.15) is 0 Å². The second-order valence-corrected chi connectivity index (χ2v) is 3.96. The third-order valence-electron chi connectivity index (χ3n) is 2.45. The Hall–Kier alpha value is -1.68.